The second kappa shape index (κ2) is 5.71. The number of benzene rings is 1. The van der Waals surface area contributed by atoms with Crippen LogP contribution in [-0.2, 0) is 0 Å². The van der Waals surface area contributed by atoms with Crippen molar-refractivity contribution >= 4 is 23.2 Å². The van der Waals surface area contributed by atoms with Crippen LogP contribution in [0.4, 0.5) is 0 Å². The molecule has 5 heteroatoms. The maximum Gasteiger partial charge on any atom is 0.272 e. The fraction of sp³-hybridized carbons (Fsp3) is 0.143. The van der Waals surface area contributed by atoms with Gasteiger partial charge in [-0.2, -0.15) is 5.10 Å². The third-order valence-electron chi connectivity index (χ3n) is 2.54. The van der Waals surface area contributed by atoms with E-state index in [9.17, 15) is 4.79 Å². The third kappa shape index (κ3) is 3.23. The Balaban J connectivity index is 2.10. The first-order valence-corrected chi connectivity index (χ1v) is 6.11. The van der Waals surface area contributed by atoms with Gasteiger partial charge in [0, 0.05) is 0 Å². The van der Waals surface area contributed by atoms with Crippen LogP contribution in [0.15, 0.2) is 45.9 Å². The number of hydrazone groups is 1. The van der Waals surface area contributed by atoms with Gasteiger partial charge in [0.15, 0.2) is 0 Å². The molecule has 1 heterocycles. The second-order valence-electron chi connectivity index (χ2n) is 4.03. The van der Waals surface area contributed by atoms with Gasteiger partial charge in [0.1, 0.15) is 17.2 Å². The summed E-state index contributed by atoms with van der Waals surface area (Å²) in [7, 11) is 0. The van der Waals surface area contributed by atoms with Crippen LogP contribution in [0.3, 0.4) is 0 Å². The number of nitrogens with zero attached hydrogens (tertiary/aromatic N) is 1. The Morgan fingerprint density at radius 3 is 2.63 bits per heavy atom. The summed E-state index contributed by atoms with van der Waals surface area (Å²) in [5.74, 6) is 1.06. The van der Waals surface area contributed by atoms with Crippen molar-refractivity contribution in [2.45, 2.75) is 13.8 Å². The van der Waals surface area contributed by atoms with Crippen molar-refractivity contribution in [2.75, 3.05) is 0 Å². The van der Waals surface area contributed by atoms with Crippen molar-refractivity contribution in [1.29, 1.82) is 0 Å². The van der Waals surface area contributed by atoms with Gasteiger partial charge in [-0.1, -0.05) is 23.7 Å². The smallest absolute Gasteiger partial charge is 0.272 e. The first kappa shape index (κ1) is 13.4. The lowest BCUT2D eigenvalue weighted by Gasteiger charge is -2.02. The van der Waals surface area contributed by atoms with Crippen molar-refractivity contribution in [1.82, 2.24) is 5.43 Å². The van der Waals surface area contributed by atoms with E-state index in [1.807, 2.05) is 13.0 Å². The molecule has 1 amide bonds. The van der Waals surface area contributed by atoms with E-state index in [4.69, 9.17) is 16.0 Å². The molecule has 19 heavy (non-hydrogen) atoms. The van der Waals surface area contributed by atoms with Crippen LogP contribution in [0.5, 0.6) is 0 Å². The van der Waals surface area contributed by atoms with Crippen molar-refractivity contribution in [3.8, 4) is 0 Å². The number of nitrogens with one attached hydrogen (secondary N) is 1. The number of carbonyl (C=O) groups is 1. The van der Waals surface area contributed by atoms with Gasteiger partial charge in [0.25, 0.3) is 5.91 Å². The molecule has 0 aliphatic rings. The number of amides is 1. The van der Waals surface area contributed by atoms with Crippen LogP contribution < -0.4 is 5.43 Å². The summed E-state index contributed by atoms with van der Waals surface area (Å²) in [4.78, 5) is 11.9. The quantitative estimate of drug-likeness (QED) is 0.690. The molecule has 0 saturated heterocycles. The summed E-state index contributed by atoms with van der Waals surface area (Å²) >= 11 is 5.93. The summed E-state index contributed by atoms with van der Waals surface area (Å²) in [6.45, 7) is 3.60. The predicted molar refractivity (Wildman–Crippen MR) is 74.6 cm³/mol. The predicted octanol–water partition coefficient (Wildman–Crippen LogP) is 3.40. The van der Waals surface area contributed by atoms with Crippen molar-refractivity contribution in [3.63, 3.8) is 0 Å². The maximum absolute atomic E-state index is 11.9. The van der Waals surface area contributed by atoms with E-state index < -0.39 is 0 Å². The number of furan rings is 1. The minimum absolute atomic E-state index is 0.353. The third-order valence-corrected chi connectivity index (χ3v) is 2.87. The van der Waals surface area contributed by atoms with Gasteiger partial charge in [-0.3, -0.25) is 4.79 Å². The van der Waals surface area contributed by atoms with Gasteiger partial charge in [-0.15, -0.1) is 0 Å². The highest BCUT2D eigenvalue weighted by Gasteiger charge is 2.09. The molecule has 2 rings (SSSR count). The molecule has 98 valence electrons. The lowest BCUT2D eigenvalue weighted by Crippen LogP contribution is -2.19. The zero-order valence-electron chi connectivity index (χ0n) is 10.6. The number of rotatable bonds is 3. The van der Waals surface area contributed by atoms with Gasteiger partial charge in [0.2, 0.25) is 0 Å². The lowest BCUT2D eigenvalue weighted by atomic mass is 10.2. The molecule has 0 fully saturated rings. The monoisotopic (exact) mass is 276 g/mol. The molecule has 4 nitrogen and oxygen atoms in total. The van der Waals surface area contributed by atoms with Crippen LogP contribution >= 0.6 is 11.6 Å². The average Bonchev–Trinajstić information content (AvgIpc) is 2.83. The number of halogens is 1. The van der Waals surface area contributed by atoms with Crippen LogP contribution in [-0.4, -0.2) is 11.6 Å². The van der Waals surface area contributed by atoms with E-state index in [1.165, 1.54) is 0 Å². The highest BCUT2D eigenvalue weighted by Crippen LogP contribution is 2.14. The Bertz CT molecular complexity index is 632. The van der Waals surface area contributed by atoms with Crippen LogP contribution in [0.1, 0.15) is 28.8 Å². The molecule has 1 aromatic heterocycles. The summed E-state index contributed by atoms with van der Waals surface area (Å²) in [5, 5.41) is 4.38. The zero-order chi connectivity index (χ0) is 13.8. The normalized spacial score (nSPS) is 11.4. The minimum atomic E-state index is -0.353. The summed E-state index contributed by atoms with van der Waals surface area (Å²) in [5.41, 5.74) is 3.43. The molecule has 1 aromatic carbocycles. The Kier molecular flexibility index (Phi) is 4.02. The van der Waals surface area contributed by atoms with Crippen molar-refractivity contribution in [2.24, 2.45) is 5.10 Å². The highest BCUT2D eigenvalue weighted by atomic mass is 35.5. The lowest BCUT2D eigenvalue weighted by molar-refractivity contribution is 0.0955. The molecule has 0 unspecified atom stereocenters. The van der Waals surface area contributed by atoms with Crippen LogP contribution in [0, 0.1) is 6.92 Å². The summed E-state index contributed by atoms with van der Waals surface area (Å²) in [6.07, 6.45) is 0. The molecular weight excluding hydrogens is 264 g/mol. The topological polar surface area (TPSA) is 54.6 Å². The van der Waals surface area contributed by atoms with Crippen molar-refractivity contribution in [3.05, 3.63) is 58.5 Å². The average molecular weight is 277 g/mol. The molecule has 0 radical (unpaired) electrons. The van der Waals surface area contributed by atoms with Gasteiger partial charge >= 0.3 is 0 Å². The van der Waals surface area contributed by atoms with Crippen molar-refractivity contribution < 1.29 is 9.21 Å². The zero-order valence-corrected chi connectivity index (χ0v) is 11.4. The molecule has 2 aromatic rings. The van der Waals surface area contributed by atoms with E-state index in [0.29, 0.717) is 22.1 Å². The molecule has 0 aliphatic heterocycles. The SMILES string of the molecule is C/C(=N\NC(=O)c1ccccc1Cl)c1ccc(C)o1. The Hall–Kier alpha value is -2.07. The van der Waals surface area contributed by atoms with Gasteiger partial charge in [0.05, 0.1) is 10.6 Å². The molecule has 1 N–H and O–H groups in total. The van der Waals surface area contributed by atoms with E-state index in [0.717, 1.165) is 5.76 Å². The molecular formula is C14H13ClN2O2. The van der Waals surface area contributed by atoms with E-state index in [-0.39, 0.29) is 5.91 Å². The van der Waals surface area contributed by atoms with Gasteiger partial charge in [-0.05, 0) is 38.1 Å². The largest absolute Gasteiger partial charge is 0.460 e. The number of aryl methyl sites for hydroxylation is 1. The summed E-state index contributed by atoms with van der Waals surface area (Å²) < 4.78 is 5.40. The number of hydrogen-bond donors (Lipinski definition) is 1. The molecule has 0 saturated carbocycles. The maximum atomic E-state index is 11.9. The summed E-state index contributed by atoms with van der Waals surface area (Å²) in [6, 6.07) is 10.4. The highest BCUT2D eigenvalue weighted by molar-refractivity contribution is 6.33. The standard InChI is InChI=1S/C14H13ClN2O2/c1-9-7-8-13(19-9)10(2)16-17-14(18)11-5-3-4-6-12(11)15/h3-8H,1-2H3,(H,17,18)/b16-10+. The van der Waals surface area contributed by atoms with Gasteiger partial charge in [-0.25, -0.2) is 5.43 Å². The molecule has 0 spiro atoms. The first-order valence-electron chi connectivity index (χ1n) is 5.74. The van der Waals surface area contributed by atoms with Crippen LogP contribution in [0.25, 0.3) is 0 Å². The first-order chi connectivity index (χ1) is 9.08. The Morgan fingerprint density at radius 2 is 2.00 bits per heavy atom. The minimum Gasteiger partial charge on any atom is -0.460 e. The second-order valence-corrected chi connectivity index (χ2v) is 4.44. The Labute approximate surface area is 116 Å². The van der Waals surface area contributed by atoms with E-state index in [1.54, 1.807) is 37.3 Å². The fourth-order valence-corrected chi connectivity index (χ4v) is 1.75. The molecule has 0 atom stereocenters. The van der Waals surface area contributed by atoms with E-state index in [2.05, 4.69) is 10.5 Å². The van der Waals surface area contributed by atoms with Gasteiger partial charge < -0.3 is 4.42 Å². The number of hydrogen-bond acceptors (Lipinski definition) is 3. The fourth-order valence-electron chi connectivity index (χ4n) is 1.52. The molecule has 0 bridgehead atoms. The number of carbonyl (C=O) groups excluding carboxylic acids is 1. The van der Waals surface area contributed by atoms with Crippen LogP contribution in [0.2, 0.25) is 5.02 Å². The Morgan fingerprint density at radius 1 is 1.26 bits per heavy atom. The van der Waals surface area contributed by atoms with E-state index >= 15 is 0 Å². The molecule has 0 aliphatic carbocycles.